The van der Waals surface area contributed by atoms with Crippen molar-refractivity contribution in [2.24, 2.45) is 0 Å². The number of hydrogen-bond acceptors (Lipinski definition) is 1. The van der Waals surface area contributed by atoms with Gasteiger partial charge in [-0.3, -0.25) is 0 Å². The molecule has 4 rings (SSSR count). The third-order valence-corrected chi connectivity index (χ3v) is 4.92. The standard InChI is InChI=1S/C19H18N2S/c22-19-18-16(15-8-4-5-9-17(15)20-18)11-13-21(19)12-10-14-6-2-1-3-7-14/h1-9,20H,10-13H2. The average molecular weight is 306 g/mol. The Hall–Kier alpha value is -2.13. The minimum atomic E-state index is 0.966. The molecule has 110 valence electrons. The van der Waals surface area contributed by atoms with Crippen LogP contribution in [0.3, 0.4) is 0 Å². The molecule has 0 unspecified atom stereocenters. The predicted molar refractivity (Wildman–Crippen MR) is 95.4 cm³/mol. The predicted octanol–water partition coefficient (Wildman–Crippen LogP) is 3.94. The van der Waals surface area contributed by atoms with Crippen LogP contribution in [-0.2, 0) is 12.8 Å². The number of H-pyrrole nitrogens is 1. The molecular weight excluding hydrogens is 288 g/mol. The van der Waals surface area contributed by atoms with E-state index in [1.54, 1.807) is 0 Å². The van der Waals surface area contributed by atoms with Crippen LogP contribution in [0.5, 0.6) is 0 Å². The highest BCUT2D eigenvalue weighted by atomic mass is 32.1. The van der Waals surface area contributed by atoms with Gasteiger partial charge in [0.15, 0.2) is 0 Å². The van der Waals surface area contributed by atoms with Crippen molar-refractivity contribution in [2.75, 3.05) is 13.1 Å². The summed E-state index contributed by atoms with van der Waals surface area (Å²) >= 11 is 5.73. The Bertz CT molecular complexity index is 820. The van der Waals surface area contributed by atoms with Crippen LogP contribution in [-0.4, -0.2) is 28.0 Å². The Morgan fingerprint density at radius 2 is 1.77 bits per heavy atom. The number of thiocarbonyl (C=S) groups is 1. The van der Waals surface area contributed by atoms with Gasteiger partial charge < -0.3 is 9.88 Å². The summed E-state index contributed by atoms with van der Waals surface area (Å²) in [5.74, 6) is 0. The van der Waals surface area contributed by atoms with Crippen molar-refractivity contribution >= 4 is 28.1 Å². The Morgan fingerprint density at radius 1 is 1.00 bits per heavy atom. The highest BCUT2D eigenvalue weighted by Crippen LogP contribution is 2.27. The zero-order chi connectivity index (χ0) is 14.9. The van der Waals surface area contributed by atoms with Crippen molar-refractivity contribution < 1.29 is 0 Å². The van der Waals surface area contributed by atoms with Crippen molar-refractivity contribution in [2.45, 2.75) is 12.8 Å². The van der Waals surface area contributed by atoms with Crippen LogP contribution >= 0.6 is 12.2 Å². The van der Waals surface area contributed by atoms with E-state index in [2.05, 4.69) is 64.5 Å². The topological polar surface area (TPSA) is 19.0 Å². The molecule has 2 nitrogen and oxygen atoms in total. The molecule has 0 aliphatic carbocycles. The number of benzene rings is 2. The van der Waals surface area contributed by atoms with E-state index >= 15 is 0 Å². The van der Waals surface area contributed by atoms with Gasteiger partial charge in [0.25, 0.3) is 0 Å². The fraction of sp³-hybridized carbons (Fsp3) is 0.211. The number of aromatic amines is 1. The minimum absolute atomic E-state index is 0.966. The number of rotatable bonds is 3. The summed E-state index contributed by atoms with van der Waals surface area (Å²) in [6, 6.07) is 19.1. The number of para-hydroxylation sites is 1. The second-order valence-corrected chi connectivity index (χ2v) is 6.19. The Labute approximate surface area is 135 Å². The van der Waals surface area contributed by atoms with Crippen molar-refractivity contribution in [1.29, 1.82) is 0 Å². The summed E-state index contributed by atoms with van der Waals surface area (Å²) in [6.07, 6.45) is 2.10. The molecule has 1 aliphatic heterocycles. The summed E-state index contributed by atoms with van der Waals surface area (Å²) in [5, 5.41) is 1.32. The molecule has 0 bridgehead atoms. The Morgan fingerprint density at radius 3 is 2.64 bits per heavy atom. The molecule has 0 amide bonds. The van der Waals surface area contributed by atoms with Gasteiger partial charge in [-0.2, -0.15) is 0 Å². The summed E-state index contributed by atoms with van der Waals surface area (Å²) in [5.41, 5.74) is 5.10. The molecule has 3 heteroatoms. The average Bonchev–Trinajstić information content (AvgIpc) is 2.95. The molecule has 0 atom stereocenters. The molecule has 0 saturated heterocycles. The lowest BCUT2D eigenvalue weighted by Crippen LogP contribution is -2.38. The lowest BCUT2D eigenvalue weighted by atomic mass is 10.0. The molecule has 2 heterocycles. The molecule has 3 aromatic rings. The molecule has 2 aromatic carbocycles. The van der Waals surface area contributed by atoms with Crippen LogP contribution in [0.25, 0.3) is 10.9 Å². The molecule has 0 saturated carbocycles. The summed E-state index contributed by atoms with van der Waals surface area (Å²) in [4.78, 5) is 6.81. The molecule has 1 aromatic heterocycles. The zero-order valence-electron chi connectivity index (χ0n) is 12.4. The van der Waals surface area contributed by atoms with Gasteiger partial charge in [0.05, 0.1) is 5.69 Å². The fourth-order valence-electron chi connectivity index (χ4n) is 3.27. The van der Waals surface area contributed by atoms with E-state index in [0.29, 0.717) is 0 Å². The summed E-state index contributed by atoms with van der Waals surface area (Å²) < 4.78 is 0. The van der Waals surface area contributed by atoms with E-state index < -0.39 is 0 Å². The van der Waals surface area contributed by atoms with Gasteiger partial charge >= 0.3 is 0 Å². The first kappa shape index (κ1) is 13.5. The lowest BCUT2D eigenvalue weighted by molar-refractivity contribution is 0.424. The first-order chi connectivity index (χ1) is 10.8. The van der Waals surface area contributed by atoms with Crippen molar-refractivity contribution in [3.8, 4) is 0 Å². The van der Waals surface area contributed by atoms with Crippen LogP contribution < -0.4 is 0 Å². The van der Waals surface area contributed by atoms with E-state index in [4.69, 9.17) is 12.2 Å². The monoisotopic (exact) mass is 306 g/mol. The maximum atomic E-state index is 5.73. The van der Waals surface area contributed by atoms with Crippen LogP contribution in [0, 0.1) is 0 Å². The van der Waals surface area contributed by atoms with E-state index in [0.717, 1.165) is 36.6 Å². The third kappa shape index (κ3) is 2.32. The molecular formula is C19H18N2S. The number of nitrogens with one attached hydrogen (secondary N) is 1. The SMILES string of the molecule is S=C1c2[nH]c3ccccc3c2CCN1CCc1ccccc1. The maximum Gasteiger partial charge on any atom is 0.126 e. The highest BCUT2D eigenvalue weighted by molar-refractivity contribution is 7.80. The maximum absolute atomic E-state index is 5.73. The number of fused-ring (bicyclic) bond motifs is 3. The van der Waals surface area contributed by atoms with Crippen LogP contribution in [0.1, 0.15) is 16.8 Å². The van der Waals surface area contributed by atoms with Gasteiger partial charge in [-0.15, -0.1) is 0 Å². The van der Waals surface area contributed by atoms with Crippen molar-refractivity contribution in [1.82, 2.24) is 9.88 Å². The normalized spacial score (nSPS) is 14.4. The van der Waals surface area contributed by atoms with Crippen molar-refractivity contribution in [3.63, 3.8) is 0 Å². The Balaban J connectivity index is 1.57. The number of hydrogen-bond donors (Lipinski definition) is 1. The van der Waals surface area contributed by atoms with E-state index in [1.807, 2.05) is 0 Å². The Kier molecular flexibility index (Phi) is 3.43. The quantitative estimate of drug-likeness (QED) is 0.739. The van der Waals surface area contributed by atoms with Gasteiger partial charge in [0, 0.05) is 24.0 Å². The first-order valence-corrected chi connectivity index (χ1v) is 8.16. The molecule has 0 spiro atoms. The van der Waals surface area contributed by atoms with Gasteiger partial charge in [-0.05, 0) is 30.0 Å². The summed E-state index contributed by atoms with van der Waals surface area (Å²) in [6.45, 7) is 2.00. The van der Waals surface area contributed by atoms with Crippen LogP contribution in [0.4, 0.5) is 0 Å². The van der Waals surface area contributed by atoms with Crippen LogP contribution in [0.15, 0.2) is 54.6 Å². The van der Waals surface area contributed by atoms with Gasteiger partial charge in [0.1, 0.15) is 4.99 Å². The third-order valence-electron chi connectivity index (χ3n) is 4.46. The first-order valence-electron chi connectivity index (χ1n) is 7.76. The van der Waals surface area contributed by atoms with Gasteiger partial charge in [-0.1, -0.05) is 60.7 Å². The molecule has 0 fully saturated rings. The van der Waals surface area contributed by atoms with Crippen molar-refractivity contribution in [3.05, 3.63) is 71.4 Å². The number of aromatic nitrogens is 1. The van der Waals surface area contributed by atoms with E-state index in [9.17, 15) is 0 Å². The van der Waals surface area contributed by atoms with Gasteiger partial charge in [-0.25, -0.2) is 0 Å². The second kappa shape index (κ2) is 5.58. The molecule has 1 N–H and O–H groups in total. The highest BCUT2D eigenvalue weighted by Gasteiger charge is 2.24. The lowest BCUT2D eigenvalue weighted by Gasteiger charge is -2.29. The second-order valence-electron chi connectivity index (χ2n) is 5.80. The zero-order valence-corrected chi connectivity index (χ0v) is 13.2. The molecule has 0 radical (unpaired) electrons. The largest absolute Gasteiger partial charge is 0.360 e. The number of nitrogens with zero attached hydrogens (tertiary/aromatic N) is 1. The van der Waals surface area contributed by atoms with E-state index in [-0.39, 0.29) is 0 Å². The van der Waals surface area contributed by atoms with Crippen LogP contribution in [0.2, 0.25) is 0 Å². The summed E-state index contributed by atoms with van der Waals surface area (Å²) in [7, 11) is 0. The van der Waals surface area contributed by atoms with E-state index in [1.165, 1.54) is 22.0 Å². The minimum Gasteiger partial charge on any atom is -0.360 e. The smallest absolute Gasteiger partial charge is 0.126 e. The van der Waals surface area contributed by atoms with Gasteiger partial charge in [0.2, 0.25) is 0 Å². The molecule has 1 aliphatic rings. The molecule has 22 heavy (non-hydrogen) atoms. The fourth-order valence-corrected chi connectivity index (χ4v) is 3.63.